The number of rotatable bonds is 12. The van der Waals surface area contributed by atoms with E-state index in [1.807, 2.05) is 73.1 Å². The van der Waals surface area contributed by atoms with Gasteiger partial charge in [-0.2, -0.15) is 0 Å². The average molecular weight is 586 g/mol. The van der Waals surface area contributed by atoms with Gasteiger partial charge in [-0.25, -0.2) is 0 Å². The van der Waals surface area contributed by atoms with Crippen LogP contribution in [0, 0.1) is 0 Å². The van der Waals surface area contributed by atoms with Crippen molar-refractivity contribution in [1.29, 1.82) is 0 Å². The van der Waals surface area contributed by atoms with Crippen molar-refractivity contribution in [2.45, 2.75) is 52.1 Å². The van der Waals surface area contributed by atoms with Crippen LogP contribution in [0.25, 0.3) is 0 Å². The molecule has 0 aromatic heterocycles. The summed E-state index contributed by atoms with van der Waals surface area (Å²) in [6, 6.07) is 27.2. The molecule has 38 heavy (non-hydrogen) atoms. The molecule has 3 aromatic carbocycles. The van der Waals surface area contributed by atoms with E-state index in [9.17, 15) is 13.3 Å². The molecule has 204 valence electrons. The van der Waals surface area contributed by atoms with Gasteiger partial charge in [0.1, 0.15) is 0 Å². The van der Waals surface area contributed by atoms with Crippen molar-refractivity contribution in [3.8, 4) is 0 Å². The molecule has 9 nitrogen and oxygen atoms in total. The Kier molecular flexibility index (Phi) is 13.0. The van der Waals surface area contributed by atoms with E-state index >= 15 is 0 Å². The Hall–Kier alpha value is -3.20. The van der Waals surface area contributed by atoms with Crippen LogP contribution in [0.2, 0.25) is 0 Å². The van der Waals surface area contributed by atoms with Gasteiger partial charge in [0, 0.05) is 11.4 Å². The number of carbonyl (C=O) groups is 2. The molecule has 0 bridgehead atoms. The van der Waals surface area contributed by atoms with Gasteiger partial charge >= 0.3 is 88.7 Å². The molecule has 1 amide bonds. The summed E-state index contributed by atoms with van der Waals surface area (Å²) < 4.78 is 20.5. The summed E-state index contributed by atoms with van der Waals surface area (Å²) in [7, 11) is 0. The van der Waals surface area contributed by atoms with Crippen molar-refractivity contribution in [3.63, 3.8) is 0 Å². The number of para-hydroxylation sites is 2. The fourth-order valence-electron chi connectivity index (χ4n) is 3.63. The first-order valence-corrected chi connectivity index (χ1v) is 15.6. The van der Waals surface area contributed by atoms with E-state index in [2.05, 4.69) is 19.5 Å². The number of hydroxylamine groups is 1. The van der Waals surface area contributed by atoms with Gasteiger partial charge in [-0.05, 0) is 37.6 Å². The summed E-state index contributed by atoms with van der Waals surface area (Å²) >= 11 is -4.55. The van der Waals surface area contributed by atoms with Crippen LogP contribution in [-0.4, -0.2) is 43.2 Å². The number of nitrogens with zero attached hydrogens (tertiary/aromatic N) is 1. The van der Waals surface area contributed by atoms with Gasteiger partial charge in [-0.1, -0.05) is 56.2 Å². The first-order chi connectivity index (χ1) is 18.2. The van der Waals surface area contributed by atoms with Crippen molar-refractivity contribution >= 4 is 41.6 Å². The predicted molar refractivity (Wildman–Crippen MR) is 148 cm³/mol. The molecule has 3 rings (SSSR count). The molecule has 0 radical (unpaired) electrons. The van der Waals surface area contributed by atoms with Crippen LogP contribution in [0.3, 0.4) is 0 Å². The summed E-state index contributed by atoms with van der Waals surface area (Å²) in [5, 5.41) is 8.54. The molecule has 0 fully saturated rings. The Morgan fingerprint density at radius 1 is 0.947 bits per heavy atom. The summed E-state index contributed by atoms with van der Waals surface area (Å²) in [5.74, 6) is -0.448. The van der Waals surface area contributed by atoms with E-state index in [1.54, 1.807) is 18.2 Å². The number of hydrogen-bond acceptors (Lipinski definition) is 8. The van der Waals surface area contributed by atoms with Crippen LogP contribution < -0.4 is 20.5 Å². The smallest absolute Gasteiger partial charge is 0.171 e. The molecule has 0 aliphatic rings. The van der Waals surface area contributed by atoms with Crippen LogP contribution in [0.5, 0.6) is 0 Å². The minimum atomic E-state index is -4.55. The Balaban J connectivity index is 0.000000293. The Bertz CT molecular complexity index is 1130. The van der Waals surface area contributed by atoms with Gasteiger partial charge in [0.25, 0.3) is 0 Å². The van der Waals surface area contributed by atoms with E-state index in [-0.39, 0.29) is 16.2 Å². The molecular formula is C28H36AsN3O6. The molecule has 0 saturated heterocycles. The first kappa shape index (κ1) is 31.0. The minimum absolute atomic E-state index is 0.0890. The van der Waals surface area contributed by atoms with E-state index in [0.29, 0.717) is 0 Å². The van der Waals surface area contributed by atoms with Crippen molar-refractivity contribution in [1.82, 2.24) is 5.48 Å². The molecule has 0 aliphatic heterocycles. The summed E-state index contributed by atoms with van der Waals surface area (Å²) in [5.41, 5.74) is 10.0. The van der Waals surface area contributed by atoms with Crippen LogP contribution >= 0.6 is 0 Å². The van der Waals surface area contributed by atoms with Gasteiger partial charge in [-0.3, -0.25) is 4.79 Å². The van der Waals surface area contributed by atoms with E-state index in [4.69, 9.17) is 11.0 Å². The number of anilines is 2. The topological polar surface area (TPSA) is 131 Å². The summed E-state index contributed by atoms with van der Waals surface area (Å²) in [4.78, 5) is 25.4. The Morgan fingerprint density at radius 3 is 1.84 bits per heavy atom. The zero-order chi connectivity index (χ0) is 28.0. The van der Waals surface area contributed by atoms with Crippen LogP contribution in [0.4, 0.5) is 11.4 Å². The normalized spacial score (nSPS) is 13.7. The zero-order valence-corrected chi connectivity index (χ0v) is 23.8. The van der Waals surface area contributed by atoms with Gasteiger partial charge in [0.15, 0.2) is 5.78 Å². The van der Waals surface area contributed by atoms with Gasteiger partial charge in [0.2, 0.25) is 0 Å². The second-order valence-corrected chi connectivity index (χ2v) is 12.4. The molecule has 10 heteroatoms. The van der Waals surface area contributed by atoms with E-state index < -0.39 is 26.1 Å². The minimum Gasteiger partial charge on any atom is -0.331 e. The summed E-state index contributed by atoms with van der Waals surface area (Å²) in [6.45, 7) is 5.23. The largest absolute Gasteiger partial charge is 0.331 e. The van der Waals surface area contributed by atoms with Crippen molar-refractivity contribution in [2.75, 3.05) is 4.90 Å². The molecule has 0 spiro atoms. The van der Waals surface area contributed by atoms with Gasteiger partial charge < -0.3 is 10.6 Å². The number of amides is 1. The predicted octanol–water partition coefficient (Wildman–Crippen LogP) is 4.12. The third kappa shape index (κ3) is 9.27. The first-order valence-electron chi connectivity index (χ1n) is 12.4. The maximum absolute atomic E-state index is 12.8. The number of nitrogens with two attached hydrogens (primary N) is 1. The number of unbranched alkanes of at least 4 members (excludes halogenated alkanes) is 1. The fraction of sp³-hybridized carbons (Fsp3) is 0.286. The summed E-state index contributed by atoms with van der Waals surface area (Å²) in [6.07, 6.45) is 2.78. The fourth-order valence-corrected chi connectivity index (χ4v) is 5.77. The van der Waals surface area contributed by atoms with Crippen LogP contribution in [-0.2, 0) is 21.0 Å². The van der Waals surface area contributed by atoms with E-state index in [0.717, 1.165) is 30.6 Å². The zero-order valence-electron chi connectivity index (χ0n) is 21.9. The number of benzene rings is 3. The number of carbonyl (C=O) groups excluding carboxylic acids is 2. The Morgan fingerprint density at radius 2 is 1.42 bits per heavy atom. The second kappa shape index (κ2) is 15.9. The second-order valence-electron chi connectivity index (χ2n) is 8.53. The number of hydrogen-bond donors (Lipinski definition) is 3. The molecule has 4 N–H and O–H groups in total. The van der Waals surface area contributed by atoms with Gasteiger partial charge in [-0.15, -0.1) is 0 Å². The Labute approximate surface area is 226 Å². The maximum atomic E-state index is 12.8. The molecule has 3 unspecified atom stereocenters. The number of ketones is 1. The standard InChI is InChI=1S/C20H26N2O.C8H10AsNO5/c1-3-4-15-19(21)20(23)16(2)22(17-11-7-5-8-12-17)18-13-9-6-10-14-18;1-7(11)10-14-9(12,15-13)8-5-3-2-4-6-8/h5-14,16,19H,3-4,15,21H2,1-2H3;2-6,13H,1H3,(H,10,11). The monoisotopic (exact) mass is 585 g/mol. The third-order valence-electron chi connectivity index (χ3n) is 5.59. The number of nitrogens with one attached hydrogen (secondary N) is 1. The molecule has 0 aliphatic carbocycles. The maximum Gasteiger partial charge on any atom is 0.171 e. The molecule has 0 heterocycles. The van der Waals surface area contributed by atoms with Crippen LogP contribution in [0.1, 0.15) is 40.0 Å². The van der Waals surface area contributed by atoms with Crippen LogP contribution in [0.15, 0.2) is 91.0 Å². The van der Waals surface area contributed by atoms with Crippen molar-refractivity contribution < 1.29 is 26.3 Å². The SMILES string of the molecule is CC(=O)NO[As](=O)(OO)c1ccccc1.CCCCC(N)C(=O)C(C)N(c1ccccc1)c1ccccc1. The van der Waals surface area contributed by atoms with Crippen molar-refractivity contribution in [3.05, 3.63) is 91.0 Å². The molecule has 3 aromatic rings. The quantitative estimate of drug-likeness (QED) is 0.164. The third-order valence-corrected chi connectivity index (χ3v) is 8.69. The molecular weight excluding hydrogens is 549 g/mol. The molecule has 0 saturated carbocycles. The van der Waals surface area contributed by atoms with Crippen molar-refractivity contribution in [2.24, 2.45) is 5.73 Å². The molecule has 3 atom stereocenters. The van der Waals surface area contributed by atoms with E-state index in [1.165, 1.54) is 19.1 Å². The average Bonchev–Trinajstić information content (AvgIpc) is 2.96. The van der Waals surface area contributed by atoms with Gasteiger partial charge in [0.05, 0.1) is 12.1 Å². The number of Topliss-reactive ketones (excluding diaryl/α,β-unsaturated/α-hetero) is 1.